The third-order valence-corrected chi connectivity index (χ3v) is 5.68. The average Bonchev–Trinajstić information content (AvgIpc) is 2.66. The minimum atomic E-state index is -3.99. The summed E-state index contributed by atoms with van der Waals surface area (Å²) in [5.41, 5.74) is 0. The lowest BCUT2D eigenvalue weighted by Crippen LogP contribution is -2.17. The van der Waals surface area contributed by atoms with Crippen molar-refractivity contribution in [2.24, 2.45) is 0 Å². The first kappa shape index (κ1) is 23.6. The molecule has 0 aromatic heterocycles. The van der Waals surface area contributed by atoms with E-state index >= 15 is 0 Å². The summed E-state index contributed by atoms with van der Waals surface area (Å²) in [7, 11) is -3.99. The molecule has 0 unspecified atom stereocenters. The van der Waals surface area contributed by atoms with Crippen LogP contribution in [0.2, 0.25) is 0 Å². The minimum absolute atomic E-state index is 0.00733. The van der Waals surface area contributed by atoms with Gasteiger partial charge in [0, 0.05) is 6.42 Å². The molecule has 0 amide bonds. The van der Waals surface area contributed by atoms with Crippen molar-refractivity contribution in [3.63, 3.8) is 0 Å². The maximum Gasteiger partial charge on any atom is 0.341 e. The van der Waals surface area contributed by atoms with Crippen LogP contribution in [0.4, 0.5) is 0 Å². The smallest absolute Gasteiger partial charge is 0.341 e. The van der Waals surface area contributed by atoms with E-state index in [1.54, 1.807) is 18.2 Å². The number of rotatable bonds is 16. The Morgan fingerprint density at radius 1 is 0.852 bits per heavy atom. The SMILES string of the molecule is CCCCCCCCCNCCCCCC(=O)OS(=O)(=O)c1ccccc1. The lowest BCUT2D eigenvalue weighted by molar-refractivity contribution is -0.133. The van der Waals surface area contributed by atoms with E-state index in [-0.39, 0.29) is 11.3 Å². The Morgan fingerprint density at radius 2 is 1.41 bits per heavy atom. The molecule has 0 heterocycles. The highest BCUT2D eigenvalue weighted by Crippen LogP contribution is 2.13. The molecule has 0 atom stereocenters. The molecule has 1 aromatic carbocycles. The van der Waals surface area contributed by atoms with Crippen LogP contribution in [-0.4, -0.2) is 27.5 Å². The van der Waals surface area contributed by atoms with Crippen molar-refractivity contribution >= 4 is 16.1 Å². The van der Waals surface area contributed by atoms with E-state index in [0.717, 1.165) is 25.9 Å². The van der Waals surface area contributed by atoms with Crippen molar-refractivity contribution in [2.45, 2.75) is 82.4 Å². The predicted octanol–water partition coefficient (Wildman–Crippen LogP) is 4.82. The van der Waals surface area contributed by atoms with Gasteiger partial charge in [-0.1, -0.05) is 70.1 Å². The zero-order valence-corrected chi connectivity index (χ0v) is 17.4. The molecule has 0 spiro atoms. The van der Waals surface area contributed by atoms with Crippen molar-refractivity contribution in [3.8, 4) is 0 Å². The molecule has 154 valence electrons. The Labute approximate surface area is 165 Å². The number of hydrogen-bond donors (Lipinski definition) is 1. The van der Waals surface area contributed by atoms with Gasteiger partial charge in [-0.3, -0.25) is 4.79 Å². The number of benzene rings is 1. The molecule has 0 aliphatic heterocycles. The van der Waals surface area contributed by atoms with Crippen LogP contribution in [0.1, 0.15) is 77.6 Å². The zero-order chi connectivity index (χ0) is 19.8. The molecule has 6 heteroatoms. The molecule has 0 saturated carbocycles. The van der Waals surface area contributed by atoms with E-state index in [1.165, 1.54) is 57.1 Å². The fourth-order valence-corrected chi connectivity index (χ4v) is 3.74. The van der Waals surface area contributed by atoms with Crippen LogP contribution >= 0.6 is 0 Å². The van der Waals surface area contributed by atoms with E-state index in [1.807, 2.05) is 0 Å². The molecule has 1 N–H and O–H groups in total. The maximum absolute atomic E-state index is 11.9. The van der Waals surface area contributed by atoms with E-state index < -0.39 is 16.1 Å². The monoisotopic (exact) mass is 397 g/mol. The quantitative estimate of drug-likeness (QED) is 0.320. The molecule has 27 heavy (non-hydrogen) atoms. The van der Waals surface area contributed by atoms with Gasteiger partial charge < -0.3 is 9.50 Å². The van der Waals surface area contributed by atoms with Crippen molar-refractivity contribution in [2.75, 3.05) is 13.1 Å². The highest BCUT2D eigenvalue weighted by atomic mass is 32.2. The summed E-state index contributed by atoms with van der Waals surface area (Å²) < 4.78 is 28.5. The van der Waals surface area contributed by atoms with Crippen LogP contribution in [-0.2, 0) is 19.1 Å². The first-order chi connectivity index (χ1) is 13.1. The second kappa shape index (κ2) is 14.6. The second-order valence-corrected chi connectivity index (χ2v) is 8.45. The molecule has 0 aliphatic carbocycles. The van der Waals surface area contributed by atoms with Crippen LogP contribution in [0.3, 0.4) is 0 Å². The van der Waals surface area contributed by atoms with E-state index in [2.05, 4.69) is 16.4 Å². The molecule has 0 aliphatic rings. The Kier molecular flexibility index (Phi) is 12.8. The number of nitrogens with one attached hydrogen (secondary N) is 1. The van der Waals surface area contributed by atoms with Gasteiger partial charge in [0.25, 0.3) is 0 Å². The first-order valence-electron chi connectivity index (χ1n) is 10.3. The summed E-state index contributed by atoms with van der Waals surface area (Å²) >= 11 is 0. The van der Waals surface area contributed by atoms with Gasteiger partial charge in [0.1, 0.15) is 4.90 Å². The Bertz CT molecular complexity index is 602. The highest BCUT2D eigenvalue weighted by Gasteiger charge is 2.19. The van der Waals surface area contributed by atoms with Crippen LogP contribution in [0.15, 0.2) is 35.2 Å². The topological polar surface area (TPSA) is 72.5 Å². The van der Waals surface area contributed by atoms with Crippen molar-refractivity contribution < 1.29 is 17.4 Å². The standard InChI is InChI=1S/C21H35NO4S/c1-2-3-4-5-6-7-13-18-22-19-14-9-12-17-21(23)26-27(24,25)20-15-10-8-11-16-20/h8,10-11,15-16,22H,2-7,9,12-14,17-19H2,1H3. The van der Waals surface area contributed by atoms with Crippen molar-refractivity contribution in [3.05, 3.63) is 30.3 Å². The van der Waals surface area contributed by atoms with Crippen molar-refractivity contribution in [1.82, 2.24) is 5.32 Å². The summed E-state index contributed by atoms with van der Waals surface area (Å²) in [5.74, 6) is -0.685. The normalized spacial score (nSPS) is 11.4. The zero-order valence-electron chi connectivity index (χ0n) is 16.6. The second-order valence-electron chi connectivity index (χ2n) is 6.90. The molecule has 0 bridgehead atoms. The third-order valence-electron chi connectivity index (χ3n) is 4.43. The van der Waals surface area contributed by atoms with E-state index in [4.69, 9.17) is 0 Å². The lowest BCUT2D eigenvalue weighted by atomic mass is 10.1. The fraction of sp³-hybridized carbons (Fsp3) is 0.667. The fourth-order valence-electron chi connectivity index (χ4n) is 2.83. The molecular weight excluding hydrogens is 362 g/mol. The maximum atomic E-state index is 11.9. The molecule has 0 fully saturated rings. The molecule has 0 saturated heterocycles. The first-order valence-corrected chi connectivity index (χ1v) is 11.7. The van der Waals surface area contributed by atoms with Crippen LogP contribution in [0, 0.1) is 0 Å². The summed E-state index contributed by atoms with van der Waals surface area (Å²) in [4.78, 5) is 11.7. The minimum Gasteiger partial charge on any atom is -0.342 e. The van der Waals surface area contributed by atoms with Crippen LogP contribution in [0.5, 0.6) is 0 Å². The van der Waals surface area contributed by atoms with Gasteiger partial charge in [-0.2, -0.15) is 8.42 Å². The van der Waals surface area contributed by atoms with Gasteiger partial charge >= 0.3 is 16.1 Å². The summed E-state index contributed by atoms with van der Waals surface area (Å²) in [6.07, 6.45) is 11.8. The Morgan fingerprint density at radius 3 is 2.04 bits per heavy atom. The van der Waals surface area contributed by atoms with E-state index in [9.17, 15) is 13.2 Å². The lowest BCUT2D eigenvalue weighted by Gasteiger charge is -2.06. The number of carbonyl (C=O) groups excluding carboxylic acids is 1. The molecule has 0 radical (unpaired) electrons. The summed E-state index contributed by atoms with van der Waals surface area (Å²) in [6, 6.07) is 7.74. The van der Waals surface area contributed by atoms with Crippen LogP contribution < -0.4 is 5.32 Å². The Hall–Kier alpha value is -1.40. The van der Waals surface area contributed by atoms with Gasteiger partial charge in [0.2, 0.25) is 0 Å². The van der Waals surface area contributed by atoms with Crippen LogP contribution in [0.25, 0.3) is 0 Å². The molecular formula is C21H35NO4S. The number of unbranched alkanes of at least 4 members (excludes halogenated alkanes) is 8. The predicted molar refractivity (Wildman–Crippen MR) is 109 cm³/mol. The van der Waals surface area contributed by atoms with Gasteiger partial charge in [-0.25, -0.2) is 0 Å². The summed E-state index contributed by atoms with van der Waals surface area (Å²) in [5, 5.41) is 3.42. The average molecular weight is 398 g/mol. The van der Waals surface area contributed by atoms with Gasteiger partial charge in [-0.05, 0) is 44.5 Å². The molecule has 1 rings (SSSR count). The third kappa shape index (κ3) is 11.8. The van der Waals surface area contributed by atoms with Gasteiger partial charge in [0.05, 0.1) is 0 Å². The molecule has 1 aromatic rings. The largest absolute Gasteiger partial charge is 0.342 e. The van der Waals surface area contributed by atoms with Gasteiger partial charge in [0.15, 0.2) is 0 Å². The van der Waals surface area contributed by atoms with E-state index in [0.29, 0.717) is 6.42 Å². The Balaban J connectivity index is 1.97. The highest BCUT2D eigenvalue weighted by molar-refractivity contribution is 7.87. The summed E-state index contributed by atoms with van der Waals surface area (Å²) in [6.45, 7) is 4.22. The molecule has 5 nitrogen and oxygen atoms in total. The number of hydrogen-bond acceptors (Lipinski definition) is 5. The number of carbonyl (C=O) groups is 1. The van der Waals surface area contributed by atoms with Crippen molar-refractivity contribution in [1.29, 1.82) is 0 Å². The van der Waals surface area contributed by atoms with Gasteiger partial charge in [-0.15, -0.1) is 0 Å².